The molecular formula is C7H14O4S. The zero-order valence-corrected chi connectivity index (χ0v) is 8.56. The molecule has 0 heterocycles. The predicted molar refractivity (Wildman–Crippen MR) is 45.6 cm³/mol. The van der Waals surface area contributed by atoms with Crippen LogP contribution in [0.4, 0.5) is 0 Å². The molecule has 0 aromatic rings. The van der Waals surface area contributed by atoms with E-state index in [2.05, 4.69) is 4.74 Å². The Bertz CT molecular complexity index is 258. The predicted octanol–water partition coefficient (Wildman–Crippen LogP) is 0.373. The van der Waals surface area contributed by atoms with Crippen molar-refractivity contribution in [2.75, 3.05) is 12.9 Å². The van der Waals surface area contributed by atoms with Crippen LogP contribution in [0.1, 0.15) is 20.8 Å². The summed E-state index contributed by atoms with van der Waals surface area (Å²) >= 11 is 0. The number of ether oxygens (including phenoxy) is 1. The first-order valence-corrected chi connectivity index (χ1v) is 5.15. The van der Waals surface area contributed by atoms with E-state index in [1.54, 1.807) is 20.8 Å². The molecule has 0 rings (SSSR count). The maximum atomic E-state index is 11.3. The van der Waals surface area contributed by atoms with Crippen molar-refractivity contribution >= 4 is 15.8 Å². The number of methoxy groups -OCH3 is 1. The molecule has 0 saturated heterocycles. The molecule has 0 radical (unpaired) electrons. The van der Waals surface area contributed by atoms with Gasteiger partial charge in [0.25, 0.3) is 0 Å². The van der Waals surface area contributed by atoms with Gasteiger partial charge in [-0.2, -0.15) is 0 Å². The Hall–Kier alpha value is -0.580. The van der Waals surface area contributed by atoms with Gasteiger partial charge >= 0.3 is 5.97 Å². The fraction of sp³-hybridized carbons (Fsp3) is 0.857. The minimum Gasteiger partial charge on any atom is -0.468 e. The van der Waals surface area contributed by atoms with Gasteiger partial charge in [0.05, 0.1) is 11.9 Å². The molecule has 0 amide bonds. The first kappa shape index (κ1) is 11.4. The second-order valence-electron chi connectivity index (χ2n) is 3.45. The van der Waals surface area contributed by atoms with Crippen LogP contribution in [0.3, 0.4) is 0 Å². The van der Waals surface area contributed by atoms with Gasteiger partial charge < -0.3 is 4.74 Å². The van der Waals surface area contributed by atoms with E-state index in [1.165, 1.54) is 7.11 Å². The Labute approximate surface area is 72.8 Å². The van der Waals surface area contributed by atoms with E-state index in [9.17, 15) is 13.2 Å². The zero-order valence-electron chi connectivity index (χ0n) is 7.75. The molecular weight excluding hydrogens is 180 g/mol. The monoisotopic (exact) mass is 194 g/mol. The van der Waals surface area contributed by atoms with E-state index in [0.717, 1.165) is 0 Å². The molecule has 0 atom stereocenters. The number of rotatable bonds is 2. The second kappa shape index (κ2) is 3.43. The number of carbonyl (C=O) groups excluding carboxylic acids is 1. The van der Waals surface area contributed by atoms with Gasteiger partial charge in [-0.05, 0) is 20.8 Å². The third-order valence-electron chi connectivity index (χ3n) is 1.47. The van der Waals surface area contributed by atoms with Crippen molar-refractivity contribution in [3.8, 4) is 0 Å². The Kier molecular flexibility index (Phi) is 3.26. The van der Waals surface area contributed by atoms with Crippen LogP contribution in [0, 0.1) is 0 Å². The van der Waals surface area contributed by atoms with Crippen molar-refractivity contribution < 1.29 is 17.9 Å². The van der Waals surface area contributed by atoms with Gasteiger partial charge in [0.2, 0.25) is 0 Å². The first-order valence-electron chi connectivity index (χ1n) is 3.50. The van der Waals surface area contributed by atoms with Gasteiger partial charge in [0.1, 0.15) is 5.75 Å². The third-order valence-corrected chi connectivity index (χ3v) is 3.95. The summed E-state index contributed by atoms with van der Waals surface area (Å²) in [5.41, 5.74) is 0. The molecule has 72 valence electrons. The number of hydrogen-bond donors (Lipinski definition) is 0. The van der Waals surface area contributed by atoms with E-state index < -0.39 is 26.3 Å². The van der Waals surface area contributed by atoms with Gasteiger partial charge in [-0.15, -0.1) is 0 Å². The molecule has 0 aromatic carbocycles. The summed E-state index contributed by atoms with van der Waals surface area (Å²) < 4.78 is 26.0. The van der Waals surface area contributed by atoms with E-state index >= 15 is 0 Å². The summed E-state index contributed by atoms with van der Waals surface area (Å²) in [6.07, 6.45) is 0. The van der Waals surface area contributed by atoms with Crippen molar-refractivity contribution in [1.29, 1.82) is 0 Å². The first-order chi connectivity index (χ1) is 5.20. The van der Waals surface area contributed by atoms with Gasteiger partial charge in [0.15, 0.2) is 9.84 Å². The number of esters is 1. The minimum absolute atomic E-state index is 0.549. The lowest BCUT2D eigenvalue weighted by atomic mass is 10.3. The molecule has 4 nitrogen and oxygen atoms in total. The average Bonchev–Trinajstić information content (AvgIpc) is 1.84. The van der Waals surface area contributed by atoms with Crippen LogP contribution in [-0.2, 0) is 19.4 Å². The molecule has 0 aliphatic carbocycles. The molecule has 0 spiro atoms. The quantitative estimate of drug-likeness (QED) is 0.596. The summed E-state index contributed by atoms with van der Waals surface area (Å²) in [6, 6.07) is 0. The van der Waals surface area contributed by atoms with Crippen LogP contribution in [0.15, 0.2) is 0 Å². The normalized spacial score (nSPS) is 12.7. The lowest BCUT2D eigenvalue weighted by Crippen LogP contribution is -2.33. The summed E-state index contributed by atoms with van der Waals surface area (Å²) in [6.45, 7) is 4.64. The molecule has 0 aliphatic rings. The van der Waals surface area contributed by atoms with E-state index in [-0.39, 0.29) is 0 Å². The smallest absolute Gasteiger partial charge is 0.320 e. The summed E-state index contributed by atoms with van der Waals surface area (Å²) in [5.74, 6) is -1.27. The molecule has 12 heavy (non-hydrogen) atoms. The highest BCUT2D eigenvalue weighted by molar-refractivity contribution is 7.93. The third kappa shape index (κ3) is 2.81. The summed E-state index contributed by atoms with van der Waals surface area (Å²) in [7, 11) is -2.22. The van der Waals surface area contributed by atoms with Crippen LogP contribution >= 0.6 is 0 Å². The highest BCUT2D eigenvalue weighted by Gasteiger charge is 2.31. The fourth-order valence-electron chi connectivity index (χ4n) is 0.431. The Morgan fingerprint density at radius 2 is 1.75 bits per heavy atom. The number of carbonyl (C=O) groups is 1. The molecule has 0 fully saturated rings. The van der Waals surface area contributed by atoms with Crippen LogP contribution in [-0.4, -0.2) is 32.0 Å². The van der Waals surface area contributed by atoms with Crippen molar-refractivity contribution in [3.05, 3.63) is 0 Å². The van der Waals surface area contributed by atoms with Crippen LogP contribution < -0.4 is 0 Å². The molecule has 0 saturated carbocycles. The highest BCUT2D eigenvalue weighted by Crippen LogP contribution is 2.15. The van der Waals surface area contributed by atoms with Gasteiger partial charge in [0, 0.05) is 0 Å². The zero-order chi connectivity index (χ0) is 9.99. The van der Waals surface area contributed by atoms with Gasteiger partial charge in [-0.1, -0.05) is 0 Å². The largest absolute Gasteiger partial charge is 0.468 e. The highest BCUT2D eigenvalue weighted by atomic mass is 32.2. The lowest BCUT2D eigenvalue weighted by molar-refractivity contribution is -0.137. The van der Waals surface area contributed by atoms with Crippen LogP contribution in [0.25, 0.3) is 0 Å². The number of hydrogen-bond acceptors (Lipinski definition) is 4. The summed E-state index contributed by atoms with van der Waals surface area (Å²) in [4.78, 5) is 10.7. The Morgan fingerprint density at radius 3 is 2.00 bits per heavy atom. The van der Waals surface area contributed by atoms with E-state index in [0.29, 0.717) is 0 Å². The van der Waals surface area contributed by atoms with E-state index in [1.807, 2.05) is 0 Å². The molecule has 0 unspecified atom stereocenters. The molecule has 0 aromatic heterocycles. The maximum Gasteiger partial charge on any atom is 0.320 e. The van der Waals surface area contributed by atoms with Gasteiger partial charge in [-0.25, -0.2) is 8.42 Å². The maximum absolute atomic E-state index is 11.3. The Balaban J connectivity index is 4.58. The topological polar surface area (TPSA) is 60.4 Å². The fourth-order valence-corrected chi connectivity index (χ4v) is 1.29. The number of sulfone groups is 1. The standard InChI is InChI=1S/C7H14O4S/c1-7(2,3)12(9,10)5-6(8)11-4/h5H2,1-4H3. The SMILES string of the molecule is COC(=O)CS(=O)(=O)C(C)(C)C. The van der Waals surface area contributed by atoms with Crippen molar-refractivity contribution in [1.82, 2.24) is 0 Å². The van der Waals surface area contributed by atoms with Crippen molar-refractivity contribution in [2.24, 2.45) is 0 Å². The molecule has 0 bridgehead atoms. The molecule has 0 aliphatic heterocycles. The van der Waals surface area contributed by atoms with Crippen LogP contribution in [0.2, 0.25) is 0 Å². The lowest BCUT2D eigenvalue weighted by Gasteiger charge is -2.17. The van der Waals surface area contributed by atoms with E-state index in [4.69, 9.17) is 0 Å². The average molecular weight is 194 g/mol. The second-order valence-corrected chi connectivity index (χ2v) is 6.19. The minimum atomic E-state index is -3.38. The van der Waals surface area contributed by atoms with Crippen molar-refractivity contribution in [2.45, 2.75) is 25.5 Å². The molecule has 0 N–H and O–H groups in total. The summed E-state index contributed by atoms with van der Waals surface area (Å²) in [5, 5.41) is 0. The van der Waals surface area contributed by atoms with Crippen LogP contribution in [0.5, 0.6) is 0 Å². The Morgan fingerprint density at radius 1 is 1.33 bits per heavy atom. The van der Waals surface area contributed by atoms with Crippen molar-refractivity contribution in [3.63, 3.8) is 0 Å². The van der Waals surface area contributed by atoms with Gasteiger partial charge in [-0.3, -0.25) is 4.79 Å². The molecule has 5 heteroatoms.